The summed E-state index contributed by atoms with van der Waals surface area (Å²) in [4.78, 5) is 43.2. The minimum absolute atomic E-state index is 0.104. The van der Waals surface area contributed by atoms with Gasteiger partial charge >= 0.3 is 5.97 Å². The fourth-order valence-corrected chi connectivity index (χ4v) is 4.39. The van der Waals surface area contributed by atoms with Gasteiger partial charge in [-0.05, 0) is 35.7 Å². The summed E-state index contributed by atoms with van der Waals surface area (Å²) >= 11 is 0. The number of amides is 1. The molecule has 8 heteroatoms. The van der Waals surface area contributed by atoms with Gasteiger partial charge in [0, 0.05) is 25.9 Å². The van der Waals surface area contributed by atoms with Crippen molar-refractivity contribution in [2.45, 2.75) is 38.4 Å². The summed E-state index contributed by atoms with van der Waals surface area (Å²) in [6.45, 7) is 0.579. The quantitative estimate of drug-likeness (QED) is 0.692. The Balaban J connectivity index is 1.36. The lowest BCUT2D eigenvalue weighted by molar-refractivity contribution is -0.152. The molecule has 158 valence electrons. The number of aromatic nitrogens is 2. The zero-order valence-electron chi connectivity index (χ0n) is 16.8. The third kappa shape index (κ3) is 3.43. The van der Waals surface area contributed by atoms with E-state index in [1.165, 1.54) is 4.90 Å². The van der Waals surface area contributed by atoms with E-state index in [4.69, 9.17) is 4.74 Å². The Kier molecular flexibility index (Phi) is 4.69. The average molecular weight is 419 g/mol. The van der Waals surface area contributed by atoms with Crippen molar-refractivity contribution in [2.75, 3.05) is 6.61 Å². The van der Waals surface area contributed by atoms with E-state index in [-0.39, 0.29) is 25.1 Å². The van der Waals surface area contributed by atoms with Crippen molar-refractivity contribution in [3.63, 3.8) is 0 Å². The monoisotopic (exact) mass is 419 g/mol. The second-order valence-corrected chi connectivity index (χ2v) is 7.90. The van der Waals surface area contributed by atoms with Gasteiger partial charge in [0.15, 0.2) is 6.61 Å². The van der Waals surface area contributed by atoms with Crippen LogP contribution >= 0.6 is 0 Å². The van der Waals surface area contributed by atoms with E-state index in [1.807, 2.05) is 24.3 Å². The van der Waals surface area contributed by atoms with Crippen LogP contribution in [0.4, 0.5) is 0 Å². The molecule has 31 heavy (non-hydrogen) atoms. The maximum Gasteiger partial charge on any atom is 0.326 e. The number of fused-ring (bicyclic) bond motifs is 3. The smallest absolute Gasteiger partial charge is 0.326 e. The summed E-state index contributed by atoms with van der Waals surface area (Å²) in [6.07, 6.45) is 1.96. The fourth-order valence-electron chi connectivity index (χ4n) is 4.39. The zero-order valence-corrected chi connectivity index (χ0v) is 16.8. The van der Waals surface area contributed by atoms with Crippen LogP contribution < -0.4 is 10.3 Å². The lowest BCUT2D eigenvalue weighted by Crippen LogP contribution is -2.50. The third-order valence-electron chi connectivity index (χ3n) is 6.00. The van der Waals surface area contributed by atoms with Crippen LogP contribution in [0.1, 0.15) is 23.4 Å². The number of nitrogens with zero attached hydrogens (tertiary/aromatic N) is 3. The molecule has 2 aliphatic rings. The number of aryl methyl sites for hydroxylation is 1. The van der Waals surface area contributed by atoms with E-state index >= 15 is 0 Å². The molecule has 3 heterocycles. The molecule has 0 radical (unpaired) electrons. The highest BCUT2D eigenvalue weighted by molar-refractivity contribution is 5.85. The summed E-state index contributed by atoms with van der Waals surface area (Å²) in [5, 5.41) is 10.1. The number of rotatable bonds is 4. The van der Waals surface area contributed by atoms with E-state index in [2.05, 4.69) is 4.98 Å². The maximum absolute atomic E-state index is 12.8. The Labute approximate surface area is 177 Å². The van der Waals surface area contributed by atoms with Crippen molar-refractivity contribution in [1.82, 2.24) is 14.5 Å². The van der Waals surface area contributed by atoms with E-state index in [0.717, 1.165) is 29.8 Å². The number of hydrogen-bond donors (Lipinski definition) is 1. The van der Waals surface area contributed by atoms with Crippen LogP contribution in [0.15, 0.2) is 47.3 Å². The molecular formula is C23H21N3O5. The molecule has 1 N–H and O–H groups in total. The number of ether oxygens (including phenoxy) is 1. The normalized spacial score (nSPS) is 17.3. The minimum Gasteiger partial charge on any atom is -0.484 e. The van der Waals surface area contributed by atoms with Gasteiger partial charge in [-0.1, -0.05) is 24.3 Å². The van der Waals surface area contributed by atoms with Crippen molar-refractivity contribution in [2.24, 2.45) is 0 Å². The van der Waals surface area contributed by atoms with Crippen LogP contribution in [-0.4, -0.2) is 44.1 Å². The molecule has 2 aromatic carbocycles. The number of aliphatic carboxylic acids is 1. The topological polar surface area (TPSA) is 102 Å². The van der Waals surface area contributed by atoms with Gasteiger partial charge in [-0.3, -0.25) is 14.2 Å². The average Bonchev–Trinajstić information content (AvgIpc) is 3.25. The summed E-state index contributed by atoms with van der Waals surface area (Å²) in [5.41, 5.74) is 2.38. The molecule has 0 spiro atoms. The molecule has 0 saturated heterocycles. The first-order valence-corrected chi connectivity index (χ1v) is 10.3. The van der Waals surface area contributed by atoms with E-state index in [9.17, 15) is 19.5 Å². The molecule has 0 aliphatic carbocycles. The Morgan fingerprint density at radius 3 is 2.77 bits per heavy atom. The van der Waals surface area contributed by atoms with E-state index in [0.29, 0.717) is 23.2 Å². The zero-order chi connectivity index (χ0) is 21.5. The molecule has 3 aromatic rings. The number of carbonyl (C=O) groups excluding carboxylic acids is 1. The molecule has 1 amide bonds. The number of hydrogen-bond acceptors (Lipinski definition) is 5. The Morgan fingerprint density at radius 2 is 1.97 bits per heavy atom. The second-order valence-electron chi connectivity index (χ2n) is 7.90. The lowest BCUT2D eigenvalue weighted by atomic mass is 9.94. The van der Waals surface area contributed by atoms with Crippen molar-refractivity contribution in [1.29, 1.82) is 0 Å². The van der Waals surface area contributed by atoms with Crippen molar-refractivity contribution in [3.8, 4) is 5.75 Å². The van der Waals surface area contributed by atoms with E-state index < -0.39 is 17.9 Å². The summed E-state index contributed by atoms with van der Waals surface area (Å²) in [7, 11) is 0. The van der Waals surface area contributed by atoms with Crippen LogP contribution in [0.25, 0.3) is 10.9 Å². The highest BCUT2D eigenvalue weighted by Gasteiger charge is 2.34. The Bertz CT molecular complexity index is 1270. The van der Waals surface area contributed by atoms with Crippen LogP contribution in [0, 0.1) is 0 Å². The first-order valence-electron chi connectivity index (χ1n) is 10.3. The summed E-state index contributed by atoms with van der Waals surface area (Å²) in [5.74, 6) is -0.277. The maximum atomic E-state index is 12.8. The molecule has 0 fully saturated rings. The second kappa shape index (κ2) is 7.54. The van der Waals surface area contributed by atoms with Gasteiger partial charge in [-0.15, -0.1) is 0 Å². The first-order chi connectivity index (χ1) is 15.0. The Hall–Kier alpha value is -3.68. The predicted octanol–water partition coefficient (Wildman–Crippen LogP) is 1.76. The fraction of sp³-hybridized carbons (Fsp3) is 0.304. The molecule has 2 aliphatic heterocycles. The predicted molar refractivity (Wildman–Crippen MR) is 112 cm³/mol. The van der Waals surface area contributed by atoms with Gasteiger partial charge < -0.3 is 14.7 Å². The van der Waals surface area contributed by atoms with Crippen molar-refractivity contribution in [3.05, 3.63) is 69.8 Å². The molecule has 1 aromatic heterocycles. The Morgan fingerprint density at radius 1 is 1.16 bits per heavy atom. The number of carboxylic acids is 1. The van der Waals surface area contributed by atoms with Gasteiger partial charge in [-0.2, -0.15) is 0 Å². The standard InChI is InChI=1S/C23H21N3O5/c27-21(26-12-15-5-2-1-4-14(15)10-19(26)23(29)30)13-31-16-7-8-18-17(11-16)22(28)25-9-3-6-20(25)24-18/h1-2,4-5,7-8,11,19H,3,6,9-10,12-13H2,(H,29,30). The molecule has 1 atom stereocenters. The van der Waals surface area contributed by atoms with Crippen LogP contribution in [-0.2, 0) is 35.5 Å². The molecule has 0 saturated carbocycles. The molecular weight excluding hydrogens is 398 g/mol. The summed E-state index contributed by atoms with van der Waals surface area (Å²) < 4.78 is 7.34. The van der Waals surface area contributed by atoms with Crippen LogP contribution in [0.3, 0.4) is 0 Å². The van der Waals surface area contributed by atoms with E-state index in [1.54, 1.807) is 22.8 Å². The molecule has 1 unspecified atom stereocenters. The largest absolute Gasteiger partial charge is 0.484 e. The number of carbonyl (C=O) groups is 2. The van der Waals surface area contributed by atoms with Gasteiger partial charge in [0.05, 0.1) is 10.9 Å². The van der Waals surface area contributed by atoms with Crippen molar-refractivity contribution >= 4 is 22.8 Å². The van der Waals surface area contributed by atoms with Crippen molar-refractivity contribution < 1.29 is 19.4 Å². The highest BCUT2D eigenvalue weighted by Crippen LogP contribution is 2.24. The number of carboxylic acid groups (broad SMARTS) is 1. The van der Waals surface area contributed by atoms with Crippen LogP contribution in [0.5, 0.6) is 5.75 Å². The van der Waals surface area contributed by atoms with Gasteiger partial charge in [0.1, 0.15) is 17.6 Å². The first kappa shape index (κ1) is 19.3. The lowest BCUT2D eigenvalue weighted by Gasteiger charge is -2.34. The molecule has 8 nitrogen and oxygen atoms in total. The molecule has 5 rings (SSSR count). The highest BCUT2D eigenvalue weighted by atomic mass is 16.5. The van der Waals surface area contributed by atoms with Gasteiger partial charge in [-0.25, -0.2) is 9.78 Å². The van der Waals surface area contributed by atoms with Crippen LogP contribution in [0.2, 0.25) is 0 Å². The molecule has 0 bridgehead atoms. The number of benzene rings is 2. The van der Waals surface area contributed by atoms with Gasteiger partial charge in [0.25, 0.3) is 11.5 Å². The minimum atomic E-state index is -1.04. The SMILES string of the molecule is O=C(O)C1Cc2ccccc2CN1C(=O)COc1ccc2nc3n(c(=O)c2c1)CCC3. The van der Waals surface area contributed by atoms with Gasteiger partial charge in [0.2, 0.25) is 0 Å². The third-order valence-corrected chi connectivity index (χ3v) is 6.00. The summed E-state index contributed by atoms with van der Waals surface area (Å²) in [6, 6.07) is 11.6.